The molecule has 8 heteroatoms. The van der Waals surface area contributed by atoms with E-state index in [1.807, 2.05) is 13.0 Å². The van der Waals surface area contributed by atoms with Crippen LogP contribution in [0.25, 0.3) is 0 Å². The number of rotatable bonds is 8. The van der Waals surface area contributed by atoms with Crippen LogP contribution in [0.1, 0.15) is 41.2 Å². The van der Waals surface area contributed by atoms with Crippen LogP contribution in [0.5, 0.6) is 0 Å². The van der Waals surface area contributed by atoms with Crippen LogP contribution >= 0.6 is 11.3 Å². The third-order valence-corrected chi connectivity index (χ3v) is 4.76. The van der Waals surface area contributed by atoms with Crippen molar-refractivity contribution in [3.05, 3.63) is 46.2 Å². The van der Waals surface area contributed by atoms with Crippen molar-refractivity contribution in [3.63, 3.8) is 0 Å². The molecule has 0 aliphatic heterocycles. The summed E-state index contributed by atoms with van der Waals surface area (Å²) in [5.74, 6) is -1.40. The first-order valence-electron chi connectivity index (χ1n) is 8.72. The molecule has 0 bridgehead atoms. The number of hydrogen-bond acceptors (Lipinski definition) is 6. The number of Topliss-reactive ketones (excluding diaryl/α,β-unsaturated/α-hetero) is 1. The van der Waals surface area contributed by atoms with Crippen molar-refractivity contribution in [1.29, 1.82) is 0 Å². The zero-order valence-electron chi connectivity index (χ0n) is 15.9. The second-order valence-electron chi connectivity index (χ2n) is 6.21. The predicted molar refractivity (Wildman–Crippen MR) is 108 cm³/mol. The number of nitrogens with one attached hydrogen (secondary N) is 2. The average molecular weight is 402 g/mol. The maximum absolute atomic E-state index is 12.1. The van der Waals surface area contributed by atoms with E-state index in [1.54, 1.807) is 30.3 Å². The Morgan fingerprint density at radius 1 is 0.964 bits per heavy atom. The Morgan fingerprint density at radius 2 is 1.57 bits per heavy atom. The quantitative estimate of drug-likeness (QED) is 0.519. The van der Waals surface area contributed by atoms with Crippen LogP contribution in [0, 0.1) is 6.92 Å². The molecule has 0 aliphatic rings. The van der Waals surface area contributed by atoms with Crippen LogP contribution in [-0.4, -0.2) is 29.7 Å². The Hall–Kier alpha value is -3.00. The van der Waals surface area contributed by atoms with Gasteiger partial charge in [-0.1, -0.05) is 0 Å². The van der Waals surface area contributed by atoms with Gasteiger partial charge in [-0.3, -0.25) is 19.2 Å². The number of carbonyl (C=O) groups is 4. The van der Waals surface area contributed by atoms with Gasteiger partial charge < -0.3 is 15.4 Å². The normalized spacial score (nSPS) is 11.4. The highest BCUT2D eigenvalue weighted by molar-refractivity contribution is 7.14. The van der Waals surface area contributed by atoms with Gasteiger partial charge in [0.2, 0.25) is 5.91 Å². The molecule has 0 radical (unpaired) electrons. The summed E-state index contributed by atoms with van der Waals surface area (Å²) in [6.07, 6.45) is -1.04. The molecule has 1 heterocycles. The van der Waals surface area contributed by atoms with E-state index in [-0.39, 0.29) is 24.5 Å². The lowest BCUT2D eigenvalue weighted by molar-refractivity contribution is -0.153. The van der Waals surface area contributed by atoms with Crippen molar-refractivity contribution in [3.8, 4) is 0 Å². The van der Waals surface area contributed by atoms with E-state index < -0.39 is 18.0 Å². The van der Waals surface area contributed by atoms with Gasteiger partial charge in [0.25, 0.3) is 5.91 Å². The van der Waals surface area contributed by atoms with Crippen LogP contribution in [-0.2, 0) is 19.1 Å². The summed E-state index contributed by atoms with van der Waals surface area (Å²) in [7, 11) is 0. The molecule has 1 aromatic heterocycles. The lowest BCUT2D eigenvalue weighted by Crippen LogP contribution is -2.30. The number of aryl methyl sites for hydroxylation is 1. The van der Waals surface area contributed by atoms with Gasteiger partial charge in [-0.05, 0) is 50.2 Å². The summed E-state index contributed by atoms with van der Waals surface area (Å²) in [4.78, 5) is 48.7. The highest BCUT2D eigenvalue weighted by Gasteiger charge is 2.19. The first-order valence-corrected chi connectivity index (χ1v) is 9.54. The maximum atomic E-state index is 12.1. The molecule has 2 N–H and O–H groups in total. The fourth-order valence-corrected chi connectivity index (χ4v) is 3.15. The highest BCUT2D eigenvalue weighted by Crippen LogP contribution is 2.18. The van der Waals surface area contributed by atoms with E-state index in [1.165, 1.54) is 25.2 Å². The van der Waals surface area contributed by atoms with Gasteiger partial charge >= 0.3 is 5.97 Å². The van der Waals surface area contributed by atoms with E-state index >= 15 is 0 Å². The van der Waals surface area contributed by atoms with Gasteiger partial charge in [0.05, 0.1) is 11.3 Å². The highest BCUT2D eigenvalue weighted by atomic mass is 32.1. The van der Waals surface area contributed by atoms with Crippen molar-refractivity contribution < 1.29 is 23.9 Å². The molecule has 0 fully saturated rings. The number of amides is 2. The molecule has 0 aliphatic carbocycles. The van der Waals surface area contributed by atoms with Crippen molar-refractivity contribution in [2.75, 3.05) is 10.6 Å². The molecular formula is C20H22N2O5S. The van der Waals surface area contributed by atoms with Crippen molar-refractivity contribution in [2.45, 2.75) is 39.7 Å². The van der Waals surface area contributed by atoms with Gasteiger partial charge in [-0.2, -0.15) is 0 Å². The molecule has 0 unspecified atom stereocenters. The standard InChI is InChI=1S/C20H22N2O5S/c1-12-4-10-18(28-12)17(24)9-11-19(25)27-13(2)20(26)22-16-7-5-15(6-8-16)21-14(3)23/h4-8,10,13H,9,11H2,1-3H3,(H,21,23)(H,22,26)/t13-/m0/s1. The van der Waals surface area contributed by atoms with E-state index in [0.29, 0.717) is 16.3 Å². The second-order valence-corrected chi connectivity index (χ2v) is 7.50. The van der Waals surface area contributed by atoms with E-state index in [9.17, 15) is 19.2 Å². The first kappa shape index (κ1) is 21.3. The van der Waals surface area contributed by atoms with Gasteiger partial charge in [0.15, 0.2) is 11.9 Å². The van der Waals surface area contributed by atoms with Crippen LogP contribution in [0.15, 0.2) is 36.4 Å². The SMILES string of the molecule is CC(=O)Nc1ccc(NC(=O)[C@H](C)OC(=O)CCC(=O)c2ccc(C)s2)cc1. The minimum atomic E-state index is -0.999. The molecule has 7 nitrogen and oxygen atoms in total. The minimum Gasteiger partial charge on any atom is -0.453 e. The van der Waals surface area contributed by atoms with Crippen LogP contribution in [0.4, 0.5) is 11.4 Å². The number of hydrogen-bond donors (Lipinski definition) is 2. The van der Waals surface area contributed by atoms with Crippen molar-refractivity contribution in [1.82, 2.24) is 0 Å². The summed E-state index contributed by atoms with van der Waals surface area (Å²) in [5.41, 5.74) is 1.11. The number of esters is 1. The minimum absolute atomic E-state index is 0.0394. The molecule has 2 rings (SSSR count). The summed E-state index contributed by atoms with van der Waals surface area (Å²) >= 11 is 1.38. The van der Waals surface area contributed by atoms with E-state index in [0.717, 1.165) is 4.88 Å². The molecule has 0 saturated carbocycles. The number of carbonyl (C=O) groups excluding carboxylic acids is 4. The second kappa shape index (κ2) is 9.80. The Balaban J connectivity index is 1.78. The monoisotopic (exact) mass is 402 g/mol. The number of ether oxygens (including phenoxy) is 1. The van der Waals surface area contributed by atoms with Crippen LogP contribution in [0.2, 0.25) is 0 Å². The Kier molecular flexibility index (Phi) is 7.45. The van der Waals surface area contributed by atoms with Crippen LogP contribution < -0.4 is 10.6 Å². The smallest absolute Gasteiger partial charge is 0.307 e. The molecule has 28 heavy (non-hydrogen) atoms. The molecule has 1 atom stereocenters. The fourth-order valence-electron chi connectivity index (χ4n) is 2.32. The Morgan fingerprint density at radius 3 is 2.11 bits per heavy atom. The van der Waals surface area contributed by atoms with Gasteiger partial charge in [-0.25, -0.2) is 0 Å². The summed E-state index contributed by atoms with van der Waals surface area (Å²) in [6.45, 7) is 4.77. The third-order valence-electron chi connectivity index (χ3n) is 3.72. The molecule has 148 valence electrons. The summed E-state index contributed by atoms with van der Waals surface area (Å²) < 4.78 is 5.10. The number of anilines is 2. The predicted octanol–water partition coefficient (Wildman–Crippen LogP) is 3.55. The van der Waals surface area contributed by atoms with Gasteiger partial charge in [0.1, 0.15) is 0 Å². The number of ketones is 1. The Labute approximate surface area is 167 Å². The fraction of sp³-hybridized carbons (Fsp3) is 0.300. The molecule has 2 aromatic rings. The molecule has 0 saturated heterocycles. The van der Waals surface area contributed by atoms with Crippen molar-refractivity contribution >= 4 is 46.3 Å². The van der Waals surface area contributed by atoms with E-state index in [4.69, 9.17) is 4.74 Å². The molecule has 0 spiro atoms. The zero-order chi connectivity index (χ0) is 20.7. The number of benzene rings is 1. The lowest BCUT2D eigenvalue weighted by Gasteiger charge is -2.13. The largest absolute Gasteiger partial charge is 0.453 e. The average Bonchev–Trinajstić information content (AvgIpc) is 3.07. The zero-order valence-corrected chi connectivity index (χ0v) is 16.7. The summed E-state index contributed by atoms with van der Waals surface area (Å²) in [5, 5.41) is 5.25. The Bertz CT molecular complexity index is 873. The lowest BCUT2D eigenvalue weighted by atomic mass is 10.2. The first-order chi connectivity index (χ1) is 13.2. The van der Waals surface area contributed by atoms with Gasteiger partial charge in [-0.15, -0.1) is 11.3 Å². The van der Waals surface area contributed by atoms with Crippen LogP contribution in [0.3, 0.4) is 0 Å². The third kappa shape index (κ3) is 6.62. The molecule has 2 amide bonds. The van der Waals surface area contributed by atoms with E-state index in [2.05, 4.69) is 10.6 Å². The summed E-state index contributed by atoms with van der Waals surface area (Å²) in [6, 6.07) is 10.1. The molecule has 1 aromatic carbocycles. The van der Waals surface area contributed by atoms with Gasteiger partial charge in [0, 0.05) is 29.6 Å². The van der Waals surface area contributed by atoms with Crippen molar-refractivity contribution in [2.24, 2.45) is 0 Å². The topological polar surface area (TPSA) is 102 Å². The molecular weight excluding hydrogens is 380 g/mol. The maximum Gasteiger partial charge on any atom is 0.307 e. The number of thiophene rings is 1.